The van der Waals surface area contributed by atoms with Crippen molar-refractivity contribution >= 4 is 20.9 Å². The molecule has 0 saturated carbocycles. The van der Waals surface area contributed by atoms with Gasteiger partial charge < -0.3 is 4.55 Å². The van der Waals surface area contributed by atoms with Gasteiger partial charge in [-0.1, -0.05) is 36.4 Å². The fraction of sp³-hybridized carbons (Fsp3) is 0. The molecule has 2 aromatic rings. The zero-order valence-electron chi connectivity index (χ0n) is 8.17. The molecule has 0 atom stereocenters. The molecule has 0 spiro atoms. The minimum absolute atomic E-state index is 0. The Kier molecular flexibility index (Phi) is 4.88. The van der Waals surface area contributed by atoms with Gasteiger partial charge in [-0.25, -0.2) is 8.42 Å². The molecular weight excluding hydrogens is 333 g/mol. The van der Waals surface area contributed by atoms with Crippen LogP contribution in [0.25, 0.3) is 10.8 Å². The summed E-state index contributed by atoms with van der Waals surface area (Å²) >= 11 is 0. The Morgan fingerprint density at radius 3 is 2.20 bits per heavy atom. The molecule has 2 rings (SSSR count). The summed E-state index contributed by atoms with van der Waals surface area (Å²) in [5, 5.41) is 1.23. The summed E-state index contributed by atoms with van der Waals surface area (Å²) in [7, 11) is -4.38. The second-order valence-electron chi connectivity index (χ2n) is 2.93. The van der Waals surface area contributed by atoms with Crippen LogP contribution >= 0.6 is 0 Å². The Bertz CT molecular complexity index is 573. The van der Waals surface area contributed by atoms with Crippen molar-refractivity contribution in [3.63, 3.8) is 0 Å². The maximum atomic E-state index is 10.9. The average molecular weight is 340 g/mol. The molecule has 0 aromatic heterocycles. The van der Waals surface area contributed by atoms with E-state index in [2.05, 4.69) is 0 Å². The van der Waals surface area contributed by atoms with Gasteiger partial charge in [-0.15, -0.1) is 0 Å². The first kappa shape index (κ1) is 13.7. The zero-order chi connectivity index (χ0) is 10.2. The number of rotatable bonds is 1. The van der Waals surface area contributed by atoms with Crippen LogP contribution in [0.1, 0.15) is 0 Å². The molecule has 0 aliphatic carbocycles. The Hall–Kier alpha value is 0.662. The summed E-state index contributed by atoms with van der Waals surface area (Å²) in [5.41, 5.74) is 0. The topological polar surface area (TPSA) is 57.2 Å². The van der Waals surface area contributed by atoms with Gasteiger partial charge in [0.15, 0.2) is 0 Å². The van der Waals surface area contributed by atoms with Gasteiger partial charge in [-0.05, 0) is 16.8 Å². The van der Waals surface area contributed by atoms with E-state index in [9.17, 15) is 13.0 Å². The molecule has 2 aromatic carbocycles. The molecule has 0 amide bonds. The van der Waals surface area contributed by atoms with Crippen molar-refractivity contribution in [1.29, 1.82) is 0 Å². The first-order chi connectivity index (χ1) is 6.59. The van der Waals surface area contributed by atoms with Crippen molar-refractivity contribution in [1.82, 2.24) is 0 Å². The second-order valence-corrected chi connectivity index (χ2v) is 4.28. The van der Waals surface area contributed by atoms with Crippen molar-refractivity contribution in [2.75, 3.05) is 0 Å². The van der Waals surface area contributed by atoms with Crippen LogP contribution in [0, 0.1) is 0 Å². The molecule has 5 heteroatoms. The van der Waals surface area contributed by atoms with Gasteiger partial charge in [0, 0.05) is 0 Å². The molecule has 0 fully saturated rings. The number of benzene rings is 2. The summed E-state index contributed by atoms with van der Waals surface area (Å²) in [5.74, 6) is 0. The molecule has 0 unspecified atom stereocenters. The van der Waals surface area contributed by atoms with E-state index in [4.69, 9.17) is 0 Å². The number of hydrogen-bond donors (Lipinski definition) is 0. The third-order valence-corrected chi connectivity index (χ3v) is 2.91. The van der Waals surface area contributed by atoms with Gasteiger partial charge in [0.1, 0.15) is 10.1 Å². The monoisotopic (exact) mass is 340 g/mol. The Morgan fingerprint density at radius 2 is 1.53 bits per heavy atom. The molecule has 0 heterocycles. The van der Waals surface area contributed by atoms with Crippen molar-refractivity contribution in [3.05, 3.63) is 42.5 Å². The fourth-order valence-corrected chi connectivity index (χ4v) is 2.11. The van der Waals surface area contributed by atoms with Gasteiger partial charge >= 0.3 is 68.9 Å². The predicted octanol–water partition coefficient (Wildman–Crippen LogP) is -1.25. The first-order valence-corrected chi connectivity index (χ1v) is 5.43. The van der Waals surface area contributed by atoms with Crippen molar-refractivity contribution in [3.8, 4) is 0 Å². The van der Waals surface area contributed by atoms with Crippen LogP contribution in [0.3, 0.4) is 0 Å². The van der Waals surface area contributed by atoms with E-state index in [1.807, 2.05) is 0 Å². The molecule has 0 radical (unpaired) electrons. The third kappa shape index (κ3) is 3.07. The van der Waals surface area contributed by atoms with E-state index in [0.717, 1.165) is 5.39 Å². The SMILES string of the molecule is O=S(=O)([O-])c1cccc2ccccc12.[Cs+]. The fourth-order valence-electron chi connectivity index (χ4n) is 1.41. The van der Waals surface area contributed by atoms with Crippen LogP contribution in [0.4, 0.5) is 0 Å². The van der Waals surface area contributed by atoms with E-state index < -0.39 is 10.1 Å². The number of hydrogen-bond acceptors (Lipinski definition) is 3. The van der Waals surface area contributed by atoms with E-state index in [1.165, 1.54) is 6.07 Å². The van der Waals surface area contributed by atoms with Crippen molar-refractivity contribution in [2.24, 2.45) is 0 Å². The molecule has 0 bridgehead atoms. The molecule has 0 saturated heterocycles. The minimum atomic E-state index is -4.38. The van der Waals surface area contributed by atoms with E-state index in [-0.39, 0.29) is 73.8 Å². The van der Waals surface area contributed by atoms with E-state index in [0.29, 0.717) is 5.39 Å². The average Bonchev–Trinajstić information content (AvgIpc) is 2.15. The molecule has 3 nitrogen and oxygen atoms in total. The molecular formula is C10H7CsO3S. The van der Waals surface area contributed by atoms with Gasteiger partial charge in [0.05, 0.1) is 4.90 Å². The maximum Gasteiger partial charge on any atom is 1.00 e. The summed E-state index contributed by atoms with van der Waals surface area (Å²) < 4.78 is 32.7. The Morgan fingerprint density at radius 1 is 0.933 bits per heavy atom. The van der Waals surface area contributed by atoms with Gasteiger partial charge in [-0.2, -0.15) is 0 Å². The Balaban J connectivity index is 0.00000112. The largest absolute Gasteiger partial charge is 1.00 e. The molecule has 0 aliphatic heterocycles. The number of fused-ring (bicyclic) bond motifs is 1. The smallest absolute Gasteiger partial charge is 0.744 e. The summed E-state index contributed by atoms with van der Waals surface area (Å²) in [6.45, 7) is 0. The molecule has 72 valence electrons. The molecule has 0 N–H and O–H groups in total. The summed E-state index contributed by atoms with van der Waals surface area (Å²) in [6, 6.07) is 11.5. The van der Waals surface area contributed by atoms with Crippen LogP contribution in [-0.2, 0) is 10.1 Å². The van der Waals surface area contributed by atoms with Crippen LogP contribution in [-0.4, -0.2) is 13.0 Å². The first-order valence-electron chi connectivity index (χ1n) is 4.03. The van der Waals surface area contributed by atoms with E-state index >= 15 is 0 Å². The van der Waals surface area contributed by atoms with Crippen molar-refractivity contribution in [2.45, 2.75) is 4.90 Å². The minimum Gasteiger partial charge on any atom is -0.744 e. The standard InChI is InChI=1S/C10H8O3S.Cs/c11-14(12,13)10-7-3-5-8-4-1-2-6-9(8)10;/h1-7H,(H,11,12,13);/q;+1/p-1. The summed E-state index contributed by atoms with van der Waals surface area (Å²) in [4.78, 5) is -0.157. The predicted molar refractivity (Wildman–Crippen MR) is 51.9 cm³/mol. The van der Waals surface area contributed by atoms with Crippen LogP contribution in [0.2, 0.25) is 0 Å². The molecule has 0 aliphatic rings. The van der Waals surface area contributed by atoms with Gasteiger partial charge in [-0.3, -0.25) is 0 Å². The normalized spacial score (nSPS) is 11.0. The third-order valence-electron chi connectivity index (χ3n) is 2.02. The van der Waals surface area contributed by atoms with E-state index in [1.54, 1.807) is 36.4 Å². The van der Waals surface area contributed by atoms with Gasteiger partial charge in [0.2, 0.25) is 0 Å². The van der Waals surface area contributed by atoms with Crippen molar-refractivity contribution < 1.29 is 81.9 Å². The zero-order valence-corrected chi connectivity index (χ0v) is 15.3. The van der Waals surface area contributed by atoms with Crippen LogP contribution < -0.4 is 68.9 Å². The summed E-state index contributed by atoms with van der Waals surface area (Å²) in [6.07, 6.45) is 0. The Labute approximate surface area is 147 Å². The quantitative estimate of drug-likeness (QED) is 0.610. The second kappa shape index (κ2) is 5.33. The van der Waals surface area contributed by atoms with Crippen LogP contribution in [0.15, 0.2) is 47.4 Å². The molecule has 15 heavy (non-hydrogen) atoms. The van der Waals surface area contributed by atoms with Crippen LogP contribution in [0.5, 0.6) is 0 Å². The van der Waals surface area contributed by atoms with Gasteiger partial charge in [0.25, 0.3) is 0 Å². The maximum absolute atomic E-state index is 10.9.